The van der Waals surface area contributed by atoms with Gasteiger partial charge in [-0.25, -0.2) is 9.78 Å². The molecule has 0 aliphatic carbocycles. The molecule has 2 rings (SSSR count). The van der Waals surface area contributed by atoms with Crippen molar-refractivity contribution in [2.45, 2.75) is 45.8 Å². The number of halogens is 1. The first-order valence-corrected chi connectivity index (χ1v) is 9.60. The summed E-state index contributed by atoms with van der Waals surface area (Å²) in [5, 5.41) is 1.15. The van der Waals surface area contributed by atoms with E-state index >= 15 is 0 Å². The summed E-state index contributed by atoms with van der Waals surface area (Å²) in [5.74, 6) is 0.548. The smallest absolute Gasteiger partial charge is 0.410 e. The van der Waals surface area contributed by atoms with Gasteiger partial charge in [-0.05, 0) is 68.6 Å². The Balaban J connectivity index is 1.73. The number of nitrogens with zero attached hydrogens (tertiary/aromatic N) is 3. The van der Waals surface area contributed by atoms with Crippen LogP contribution in [-0.4, -0.2) is 53.2 Å². The molecule has 0 saturated carbocycles. The summed E-state index contributed by atoms with van der Waals surface area (Å²) in [7, 11) is 1.83. The highest BCUT2D eigenvalue weighted by Gasteiger charge is 2.25. The van der Waals surface area contributed by atoms with Gasteiger partial charge in [-0.15, -0.1) is 11.3 Å². The van der Waals surface area contributed by atoms with Crippen LogP contribution < -0.4 is 0 Å². The van der Waals surface area contributed by atoms with Crippen LogP contribution in [0.15, 0.2) is 9.98 Å². The Morgan fingerprint density at radius 1 is 1.48 bits per heavy atom. The predicted octanol–water partition coefficient (Wildman–Crippen LogP) is 3.98. The minimum atomic E-state index is -0.434. The van der Waals surface area contributed by atoms with E-state index in [9.17, 15) is 4.79 Å². The molecule has 0 spiro atoms. The van der Waals surface area contributed by atoms with Gasteiger partial charge in [0.2, 0.25) is 0 Å². The standard InChI is InChI=1S/C16H26BrN3O2S/c1-16(2,3)22-15(21)19(4)10-12-5-7-20(8-6-12)11-14-18-9-13(17)23-14/h9,12H,5-8,10-11H2,1-4H3. The highest BCUT2D eigenvalue weighted by Crippen LogP contribution is 2.24. The van der Waals surface area contributed by atoms with E-state index in [4.69, 9.17) is 4.74 Å². The summed E-state index contributed by atoms with van der Waals surface area (Å²) in [5.41, 5.74) is -0.434. The van der Waals surface area contributed by atoms with E-state index in [0.717, 1.165) is 47.8 Å². The fourth-order valence-electron chi connectivity index (χ4n) is 2.68. The van der Waals surface area contributed by atoms with E-state index < -0.39 is 5.60 Å². The summed E-state index contributed by atoms with van der Waals surface area (Å²) in [6.45, 7) is 9.50. The fourth-order valence-corrected chi connectivity index (χ4v) is 4.03. The second-order valence-corrected chi connectivity index (χ2v) is 9.63. The third kappa shape index (κ3) is 6.39. The molecule has 0 aromatic carbocycles. The number of carbonyl (C=O) groups excluding carboxylic acids is 1. The van der Waals surface area contributed by atoms with Gasteiger partial charge >= 0.3 is 6.09 Å². The Hall–Kier alpha value is -0.660. The van der Waals surface area contributed by atoms with Crippen molar-refractivity contribution in [1.29, 1.82) is 0 Å². The van der Waals surface area contributed by atoms with Crippen LogP contribution in [0.2, 0.25) is 0 Å². The van der Waals surface area contributed by atoms with Gasteiger partial charge < -0.3 is 9.64 Å². The Bertz CT molecular complexity index is 522. The SMILES string of the molecule is CN(CC1CCN(Cc2ncc(Br)s2)CC1)C(=O)OC(C)(C)C. The molecule has 1 aliphatic rings. The highest BCUT2D eigenvalue weighted by molar-refractivity contribution is 9.11. The minimum Gasteiger partial charge on any atom is -0.444 e. The number of amides is 1. The summed E-state index contributed by atoms with van der Waals surface area (Å²) in [6, 6.07) is 0. The Kier molecular flexibility index (Phi) is 6.45. The zero-order valence-corrected chi connectivity index (χ0v) is 16.7. The van der Waals surface area contributed by atoms with Crippen LogP contribution in [0, 0.1) is 5.92 Å². The van der Waals surface area contributed by atoms with E-state index in [1.165, 1.54) is 0 Å². The van der Waals surface area contributed by atoms with E-state index in [1.807, 2.05) is 34.0 Å². The monoisotopic (exact) mass is 403 g/mol. The van der Waals surface area contributed by atoms with Crippen LogP contribution in [0.25, 0.3) is 0 Å². The molecule has 1 aliphatic heterocycles. The number of ether oxygens (including phenoxy) is 1. The maximum absolute atomic E-state index is 12.0. The number of aromatic nitrogens is 1. The Morgan fingerprint density at radius 2 is 2.13 bits per heavy atom. The lowest BCUT2D eigenvalue weighted by Crippen LogP contribution is -2.40. The van der Waals surface area contributed by atoms with Crippen molar-refractivity contribution < 1.29 is 9.53 Å². The molecule has 0 unspecified atom stereocenters. The van der Waals surface area contributed by atoms with Crippen LogP contribution in [0.1, 0.15) is 38.6 Å². The maximum atomic E-state index is 12.0. The zero-order valence-electron chi connectivity index (χ0n) is 14.3. The average Bonchev–Trinajstić information content (AvgIpc) is 2.84. The minimum absolute atomic E-state index is 0.229. The number of hydrogen-bond acceptors (Lipinski definition) is 5. The first-order chi connectivity index (χ1) is 10.7. The van der Waals surface area contributed by atoms with Gasteiger partial charge in [-0.2, -0.15) is 0 Å². The highest BCUT2D eigenvalue weighted by atomic mass is 79.9. The molecule has 1 fully saturated rings. The molecular weight excluding hydrogens is 378 g/mol. The van der Waals surface area contributed by atoms with Crippen molar-refractivity contribution in [3.05, 3.63) is 15.0 Å². The van der Waals surface area contributed by atoms with Crippen LogP contribution >= 0.6 is 27.3 Å². The molecule has 23 heavy (non-hydrogen) atoms. The van der Waals surface area contributed by atoms with Crippen LogP contribution in [-0.2, 0) is 11.3 Å². The molecule has 1 aromatic rings. The lowest BCUT2D eigenvalue weighted by molar-refractivity contribution is 0.0249. The van der Waals surface area contributed by atoms with Gasteiger partial charge in [-0.1, -0.05) is 0 Å². The molecule has 2 heterocycles. The normalized spacial score (nSPS) is 17.3. The van der Waals surface area contributed by atoms with Crippen molar-refractivity contribution in [2.24, 2.45) is 5.92 Å². The second kappa shape index (κ2) is 7.94. The predicted molar refractivity (Wildman–Crippen MR) is 96.7 cm³/mol. The number of hydrogen-bond donors (Lipinski definition) is 0. The lowest BCUT2D eigenvalue weighted by atomic mass is 9.96. The summed E-state index contributed by atoms with van der Waals surface area (Å²) < 4.78 is 6.49. The fraction of sp³-hybridized carbons (Fsp3) is 0.750. The van der Waals surface area contributed by atoms with E-state index in [2.05, 4.69) is 25.8 Å². The van der Waals surface area contributed by atoms with Crippen molar-refractivity contribution in [3.8, 4) is 0 Å². The summed E-state index contributed by atoms with van der Waals surface area (Å²) in [6.07, 6.45) is 3.86. The number of likely N-dealkylation sites (tertiary alicyclic amines) is 1. The Morgan fingerprint density at radius 3 is 2.65 bits per heavy atom. The maximum Gasteiger partial charge on any atom is 0.410 e. The van der Waals surface area contributed by atoms with Gasteiger partial charge in [0.15, 0.2) is 0 Å². The molecule has 0 N–H and O–H groups in total. The molecular formula is C16H26BrN3O2S. The largest absolute Gasteiger partial charge is 0.444 e. The molecule has 130 valence electrons. The first kappa shape index (κ1) is 18.7. The second-order valence-electron chi connectivity index (χ2n) is 7.14. The van der Waals surface area contributed by atoms with Crippen molar-refractivity contribution in [2.75, 3.05) is 26.7 Å². The summed E-state index contributed by atoms with van der Waals surface area (Å²) >= 11 is 5.15. The Labute approximate surface area is 151 Å². The number of thiazole rings is 1. The van der Waals surface area contributed by atoms with Crippen molar-refractivity contribution in [1.82, 2.24) is 14.8 Å². The van der Waals surface area contributed by atoms with Crippen LogP contribution in [0.3, 0.4) is 0 Å². The van der Waals surface area contributed by atoms with Gasteiger partial charge in [-0.3, -0.25) is 4.90 Å². The van der Waals surface area contributed by atoms with Gasteiger partial charge in [0, 0.05) is 13.6 Å². The molecule has 0 bridgehead atoms. The van der Waals surface area contributed by atoms with Gasteiger partial charge in [0.1, 0.15) is 10.6 Å². The molecule has 1 saturated heterocycles. The van der Waals surface area contributed by atoms with E-state index in [1.54, 1.807) is 16.2 Å². The van der Waals surface area contributed by atoms with Gasteiger partial charge in [0.05, 0.1) is 16.5 Å². The van der Waals surface area contributed by atoms with Crippen molar-refractivity contribution in [3.63, 3.8) is 0 Å². The quantitative estimate of drug-likeness (QED) is 0.762. The lowest BCUT2D eigenvalue weighted by Gasteiger charge is -2.33. The molecule has 1 aromatic heterocycles. The number of rotatable bonds is 4. The number of piperidine rings is 1. The molecule has 7 heteroatoms. The summed E-state index contributed by atoms with van der Waals surface area (Å²) in [4.78, 5) is 20.6. The molecule has 0 radical (unpaired) electrons. The molecule has 1 amide bonds. The van der Waals surface area contributed by atoms with Crippen LogP contribution in [0.5, 0.6) is 0 Å². The first-order valence-electron chi connectivity index (χ1n) is 7.99. The van der Waals surface area contributed by atoms with Crippen molar-refractivity contribution >= 4 is 33.4 Å². The molecule has 5 nitrogen and oxygen atoms in total. The van der Waals surface area contributed by atoms with Gasteiger partial charge in [0.25, 0.3) is 0 Å². The third-order valence-electron chi connectivity index (χ3n) is 3.83. The topological polar surface area (TPSA) is 45.7 Å². The number of carbonyl (C=O) groups is 1. The molecule has 0 atom stereocenters. The third-order valence-corrected chi connectivity index (χ3v) is 5.29. The average molecular weight is 404 g/mol. The zero-order chi connectivity index (χ0) is 17.0. The van der Waals surface area contributed by atoms with Crippen LogP contribution in [0.4, 0.5) is 4.79 Å². The van der Waals surface area contributed by atoms with E-state index in [-0.39, 0.29) is 6.09 Å². The van der Waals surface area contributed by atoms with E-state index in [0.29, 0.717) is 5.92 Å².